The number of halogens is 3. The number of nitrogens with one attached hydrogen (secondary N) is 1. The smallest absolute Gasteiger partial charge is 0.310 e. The van der Waals surface area contributed by atoms with Crippen LogP contribution in [0.2, 0.25) is 0 Å². The summed E-state index contributed by atoms with van der Waals surface area (Å²) in [5.41, 5.74) is -0.714. The van der Waals surface area contributed by atoms with Gasteiger partial charge in [-0.05, 0) is 56.6 Å². The summed E-state index contributed by atoms with van der Waals surface area (Å²) in [6.07, 6.45) is -1.38. The predicted molar refractivity (Wildman–Crippen MR) is 85.6 cm³/mol. The van der Waals surface area contributed by atoms with E-state index in [9.17, 15) is 18.0 Å². The Balaban J connectivity index is 1.78. The van der Waals surface area contributed by atoms with Crippen molar-refractivity contribution in [3.63, 3.8) is 0 Å². The van der Waals surface area contributed by atoms with Crippen LogP contribution < -0.4 is 5.32 Å². The number of amides is 1. The van der Waals surface area contributed by atoms with E-state index in [-0.39, 0.29) is 17.6 Å². The number of rotatable bonds is 2. The summed E-state index contributed by atoms with van der Waals surface area (Å²) >= 11 is 0. The third-order valence-corrected chi connectivity index (χ3v) is 4.39. The first-order chi connectivity index (χ1) is 11.3. The standard InChI is InChI=1S/C17H18F3N3O/c1-23-6-4-11(5-7-23)16(24)22-15-9-13-8-14(17(18,19)20)3-2-12(13)10-21-15/h2-3,8-11H,4-7H2,1H3,(H,21,22,24). The molecule has 2 heterocycles. The van der Waals surface area contributed by atoms with E-state index in [1.54, 1.807) is 0 Å². The van der Waals surface area contributed by atoms with Crippen LogP contribution in [-0.4, -0.2) is 35.9 Å². The second-order valence-corrected chi connectivity index (χ2v) is 6.20. The molecular weight excluding hydrogens is 319 g/mol. The lowest BCUT2D eigenvalue weighted by atomic mass is 9.96. The van der Waals surface area contributed by atoms with Crippen LogP contribution in [0.4, 0.5) is 19.0 Å². The van der Waals surface area contributed by atoms with Crippen LogP contribution in [-0.2, 0) is 11.0 Å². The lowest BCUT2D eigenvalue weighted by Gasteiger charge is -2.27. The van der Waals surface area contributed by atoms with E-state index in [2.05, 4.69) is 15.2 Å². The fourth-order valence-corrected chi connectivity index (χ4v) is 2.88. The number of benzene rings is 1. The summed E-state index contributed by atoms with van der Waals surface area (Å²) in [5.74, 6) is 0.0767. The van der Waals surface area contributed by atoms with Gasteiger partial charge in [0.1, 0.15) is 5.82 Å². The van der Waals surface area contributed by atoms with Gasteiger partial charge >= 0.3 is 6.18 Å². The van der Waals surface area contributed by atoms with Crippen molar-refractivity contribution in [2.24, 2.45) is 5.92 Å². The molecule has 1 N–H and O–H groups in total. The second-order valence-electron chi connectivity index (χ2n) is 6.20. The number of hydrogen-bond acceptors (Lipinski definition) is 3. The highest BCUT2D eigenvalue weighted by Crippen LogP contribution is 2.31. The zero-order chi connectivity index (χ0) is 17.3. The molecule has 1 saturated heterocycles. The highest BCUT2D eigenvalue weighted by molar-refractivity contribution is 5.94. The average molecular weight is 337 g/mol. The van der Waals surface area contributed by atoms with E-state index < -0.39 is 11.7 Å². The Labute approximate surface area is 137 Å². The summed E-state index contributed by atoms with van der Waals surface area (Å²) < 4.78 is 38.4. The summed E-state index contributed by atoms with van der Waals surface area (Å²) in [7, 11) is 2.01. The summed E-state index contributed by atoms with van der Waals surface area (Å²) in [6.45, 7) is 1.72. The molecule has 0 spiro atoms. The lowest BCUT2D eigenvalue weighted by Crippen LogP contribution is -2.36. The third-order valence-electron chi connectivity index (χ3n) is 4.39. The molecule has 4 nitrogen and oxygen atoms in total. The molecule has 128 valence electrons. The lowest BCUT2D eigenvalue weighted by molar-refractivity contribution is -0.137. The van der Waals surface area contributed by atoms with E-state index in [1.165, 1.54) is 18.3 Å². The van der Waals surface area contributed by atoms with Crippen LogP contribution in [0.5, 0.6) is 0 Å². The van der Waals surface area contributed by atoms with Gasteiger partial charge in [0.2, 0.25) is 5.91 Å². The first kappa shape index (κ1) is 16.7. The molecule has 1 fully saturated rings. The first-order valence-corrected chi connectivity index (χ1v) is 7.79. The second kappa shape index (κ2) is 6.39. The maximum absolute atomic E-state index is 12.8. The van der Waals surface area contributed by atoms with Crippen molar-refractivity contribution in [3.05, 3.63) is 36.0 Å². The molecule has 0 unspecified atom stereocenters. The molecule has 1 aromatic carbocycles. The average Bonchev–Trinajstić information content (AvgIpc) is 2.54. The molecule has 1 aliphatic rings. The Morgan fingerprint density at radius 2 is 1.92 bits per heavy atom. The Morgan fingerprint density at radius 3 is 2.58 bits per heavy atom. The van der Waals surface area contributed by atoms with Gasteiger partial charge in [-0.3, -0.25) is 4.79 Å². The zero-order valence-electron chi connectivity index (χ0n) is 13.2. The largest absolute Gasteiger partial charge is 0.416 e. The third kappa shape index (κ3) is 3.67. The maximum atomic E-state index is 12.8. The highest BCUT2D eigenvalue weighted by Gasteiger charge is 2.30. The van der Waals surface area contributed by atoms with Crippen molar-refractivity contribution in [1.29, 1.82) is 0 Å². The summed E-state index contributed by atoms with van der Waals surface area (Å²) in [6, 6.07) is 4.97. The van der Waals surface area contributed by atoms with Gasteiger partial charge in [0.25, 0.3) is 0 Å². The van der Waals surface area contributed by atoms with Crippen molar-refractivity contribution in [2.45, 2.75) is 19.0 Å². The molecule has 0 bridgehead atoms. The monoisotopic (exact) mass is 337 g/mol. The Hall–Kier alpha value is -2.15. The minimum atomic E-state index is -4.39. The number of hydrogen-bond donors (Lipinski definition) is 1. The van der Waals surface area contributed by atoms with Crippen LogP contribution in [0.3, 0.4) is 0 Å². The minimum Gasteiger partial charge on any atom is -0.310 e. The minimum absolute atomic E-state index is 0.0831. The van der Waals surface area contributed by atoms with Gasteiger partial charge in [0, 0.05) is 17.5 Å². The van der Waals surface area contributed by atoms with Crippen LogP contribution >= 0.6 is 0 Å². The fourth-order valence-electron chi connectivity index (χ4n) is 2.88. The van der Waals surface area contributed by atoms with Crippen LogP contribution in [0.15, 0.2) is 30.5 Å². The topological polar surface area (TPSA) is 45.2 Å². The van der Waals surface area contributed by atoms with Gasteiger partial charge in [-0.2, -0.15) is 13.2 Å². The van der Waals surface area contributed by atoms with Gasteiger partial charge in [-0.25, -0.2) is 4.98 Å². The van der Waals surface area contributed by atoms with Crippen molar-refractivity contribution in [1.82, 2.24) is 9.88 Å². The Morgan fingerprint density at radius 1 is 1.21 bits per heavy atom. The van der Waals surface area contributed by atoms with Gasteiger partial charge < -0.3 is 10.2 Å². The predicted octanol–water partition coefficient (Wildman–Crippen LogP) is 3.53. The zero-order valence-corrected chi connectivity index (χ0v) is 13.2. The SMILES string of the molecule is CN1CCC(C(=O)Nc2cc3cc(C(F)(F)F)ccc3cn2)CC1. The molecule has 0 radical (unpaired) electrons. The quantitative estimate of drug-likeness (QED) is 0.912. The molecule has 0 aliphatic carbocycles. The molecule has 0 atom stereocenters. The first-order valence-electron chi connectivity index (χ1n) is 7.79. The number of anilines is 1. The van der Waals surface area contributed by atoms with Gasteiger partial charge in [0.05, 0.1) is 5.56 Å². The summed E-state index contributed by atoms with van der Waals surface area (Å²) in [4.78, 5) is 18.6. The number of nitrogens with zero attached hydrogens (tertiary/aromatic N) is 2. The highest BCUT2D eigenvalue weighted by atomic mass is 19.4. The van der Waals surface area contributed by atoms with Crippen molar-refractivity contribution in [2.75, 3.05) is 25.5 Å². The van der Waals surface area contributed by atoms with E-state index in [0.29, 0.717) is 10.8 Å². The van der Waals surface area contributed by atoms with E-state index in [1.807, 2.05) is 7.05 Å². The Kier molecular flexibility index (Phi) is 4.45. The molecule has 1 aliphatic heterocycles. The molecular formula is C17H18F3N3O. The maximum Gasteiger partial charge on any atom is 0.416 e. The van der Waals surface area contributed by atoms with Crippen LogP contribution in [0, 0.1) is 5.92 Å². The fraction of sp³-hybridized carbons (Fsp3) is 0.412. The molecule has 2 aromatic rings. The molecule has 7 heteroatoms. The number of piperidine rings is 1. The molecule has 3 rings (SSSR count). The van der Waals surface area contributed by atoms with Crippen LogP contribution in [0.1, 0.15) is 18.4 Å². The molecule has 0 saturated carbocycles. The number of carbonyl (C=O) groups excluding carboxylic acids is 1. The van der Waals surface area contributed by atoms with Crippen molar-refractivity contribution >= 4 is 22.5 Å². The molecule has 24 heavy (non-hydrogen) atoms. The number of carbonyl (C=O) groups is 1. The number of aromatic nitrogens is 1. The summed E-state index contributed by atoms with van der Waals surface area (Å²) in [5, 5.41) is 3.73. The van der Waals surface area contributed by atoms with E-state index in [0.717, 1.165) is 38.1 Å². The van der Waals surface area contributed by atoms with E-state index >= 15 is 0 Å². The van der Waals surface area contributed by atoms with E-state index in [4.69, 9.17) is 0 Å². The number of fused-ring (bicyclic) bond motifs is 1. The van der Waals surface area contributed by atoms with Crippen molar-refractivity contribution < 1.29 is 18.0 Å². The van der Waals surface area contributed by atoms with Gasteiger partial charge in [0.15, 0.2) is 0 Å². The number of alkyl halides is 3. The molecule has 1 aromatic heterocycles. The number of likely N-dealkylation sites (tertiary alicyclic amines) is 1. The normalized spacial score (nSPS) is 17.2. The van der Waals surface area contributed by atoms with Gasteiger partial charge in [-0.1, -0.05) is 6.07 Å². The Bertz CT molecular complexity index is 752. The van der Waals surface area contributed by atoms with Crippen molar-refractivity contribution in [3.8, 4) is 0 Å². The number of pyridine rings is 1. The molecule has 1 amide bonds. The van der Waals surface area contributed by atoms with Gasteiger partial charge in [-0.15, -0.1) is 0 Å². The van der Waals surface area contributed by atoms with Crippen LogP contribution in [0.25, 0.3) is 10.8 Å².